The quantitative estimate of drug-likeness (QED) is 0.616. The minimum absolute atomic E-state index is 0.268. The summed E-state index contributed by atoms with van der Waals surface area (Å²) >= 11 is 0. The zero-order valence-electron chi connectivity index (χ0n) is 18.5. The summed E-state index contributed by atoms with van der Waals surface area (Å²) < 4.78 is 45.6. The first-order chi connectivity index (χ1) is 14.5. The van der Waals surface area contributed by atoms with Gasteiger partial charge in [-0.1, -0.05) is 6.07 Å². The van der Waals surface area contributed by atoms with E-state index in [4.69, 9.17) is 4.74 Å². The Morgan fingerprint density at radius 3 is 2.48 bits per heavy atom. The van der Waals surface area contributed by atoms with Crippen molar-refractivity contribution in [2.24, 2.45) is 0 Å². The molecule has 2 aromatic rings. The number of halogens is 3. The third kappa shape index (κ3) is 4.61. The number of anilines is 3. The number of alkyl halides is 3. The average molecular weight is 434 g/mol. The van der Waals surface area contributed by atoms with E-state index in [1.807, 2.05) is 26.0 Å². The minimum Gasteiger partial charge on any atom is -0.484 e. The first-order valence-electron chi connectivity index (χ1n) is 10.7. The average Bonchev–Trinajstić information content (AvgIpc) is 2.64. The molecule has 0 aromatic heterocycles. The van der Waals surface area contributed by atoms with Crippen molar-refractivity contribution < 1.29 is 17.9 Å². The van der Waals surface area contributed by atoms with Crippen LogP contribution >= 0.6 is 0 Å². The first kappa shape index (κ1) is 21.8. The Kier molecular flexibility index (Phi) is 5.58. The molecule has 0 N–H and O–H groups in total. The maximum Gasteiger partial charge on any atom is 0.416 e. The van der Waals surface area contributed by atoms with Gasteiger partial charge in [-0.25, -0.2) is 0 Å². The molecule has 0 spiro atoms. The molecule has 31 heavy (non-hydrogen) atoms. The lowest BCUT2D eigenvalue weighted by Gasteiger charge is -2.44. The Balaban J connectivity index is 1.64. The number of hydrogen-bond donors (Lipinski definition) is 0. The predicted molar refractivity (Wildman–Crippen MR) is 119 cm³/mol. The Morgan fingerprint density at radius 1 is 1.10 bits per heavy atom. The monoisotopic (exact) mass is 433 g/mol. The van der Waals surface area contributed by atoms with Crippen molar-refractivity contribution in [2.45, 2.75) is 44.5 Å². The number of fused-ring (bicyclic) bond motifs is 1. The summed E-state index contributed by atoms with van der Waals surface area (Å²) in [6, 6.07) is 12.6. The van der Waals surface area contributed by atoms with Crippen LogP contribution in [0.15, 0.2) is 42.5 Å². The highest BCUT2D eigenvalue weighted by molar-refractivity contribution is 5.74. The second-order valence-corrected chi connectivity index (χ2v) is 9.38. The third-order valence-electron chi connectivity index (χ3n) is 6.03. The molecule has 1 unspecified atom stereocenters. The molecular formula is C24H30F3N3O. The van der Waals surface area contributed by atoms with Gasteiger partial charge in [0, 0.05) is 24.0 Å². The van der Waals surface area contributed by atoms with E-state index < -0.39 is 17.3 Å². The summed E-state index contributed by atoms with van der Waals surface area (Å²) in [5.41, 5.74) is 1.48. The van der Waals surface area contributed by atoms with Crippen LogP contribution in [-0.4, -0.2) is 50.3 Å². The van der Waals surface area contributed by atoms with Crippen LogP contribution in [0.25, 0.3) is 0 Å². The summed E-state index contributed by atoms with van der Waals surface area (Å²) in [6.07, 6.45) is -2.10. The largest absolute Gasteiger partial charge is 0.484 e. The zero-order chi connectivity index (χ0) is 22.4. The maximum absolute atomic E-state index is 13.2. The summed E-state index contributed by atoms with van der Waals surface area (Å²) in [6.45, 7) is 6.44. The normalized spacial score (nSPS) is 20.3. The summed E-state index contributed by atoms with van der Waals surface area (Å²) in [5, 5.41) is 0. The van der Waals surface area contributed by atoms with Gasteiger partial charge in [0.05, 0.1) is 17.8 Å². The van der Waals surface area contributed by atoms with E-state index in [1.54, 1.807) is 0 Å². The van der Waals surface area contributed by atoms with Gasteiger partial charge in [-0.2, -0.15) is 13.2 Å². The van der Waals surface area contributed by atoms with Crippen LogP contribution in [0.4, 0.5) is 30.2 Å². The zero-order valence-corrected chi connectivity index (χ0v) is 18.5. The van der Waals surface area contributed by atoms with Crippen molar-refractivity contribution in [1.82, 2.24) is 4.90 Å². The Bertz CT molecular complexity index is 942. The lowest BCUT2D eigenvalue weighted by atomic mass is 9.97. The topological polar surface area (TPSA) is 19.0 Å². The molecule has 0 bridgehead atoms. The van der Waals surface area contributed by atoms with Crippen molar-refractivity contribution >= 4 is 17.1 Å². The van der Waals surface area contributed by atoms with E-state index in [9.17, 15) is 13.2 Å². The number of ether oxygens (including phenoxy) is 1. The van der Waals surface area contributed by atoms with Gasteiger partial charge in [0.25, 0.3) is 0 Å². The van der Waals surface area contributed by atoms with Crippen LogP contribution in [0.1, 0.15) is 32.3 Å². The van der Waals surface area contributed by atoms with E-state index in [2.05, 4.69) is 40.9 Å². The van der Waals surface area contributed by atoms with Crippen molar-refractivity contribution in [3.8, 4) is 5.75 Å². The molecule has 4 nitrogen and oxygen atoms in total. The van der Waals surface area contributed by atoms with E-state index in [0.29, 0.717) is 18.3 Å². The number of nitrogens with zero attached hydrogens (tertiary/aromatic N) is 3. The Hall–Kier alpha value is -2.41. The summed E-state index contributed by atoms with van der Waals surface area (Å²) in [7, 11) is 4.18. The van der Waals surface area contributed by atoms with Crippen molar-refractivity contribution in [2.75, 3.05) is 43.5 Å². The van der Waals surface area contributed by atoms with Crippen LogP contribution in [0.3, 0.4) is 0 Å². The SMILES string of the molecule is CN(C)CCC1CCN1c1cccc(N2CC(C)(C)Oc3cc(C(F)(F)F)ccc32)c1. The molecule has 2 aromatic carbocycles. The van der Waals surface area contributed by atoms with E-state index in [0.717, 1.165) is 43.0 Å². The molecular weight excluding hydrogens is 403 g/mol. The van der Waals surface area contributed by atoms with Crippen molar-refractivity contribution in [3.05, 3.63) is 48.0 Å². The van der Waals surface area contributed by atoms with Gasteiger partial charge in [0.15, 0.2) is 0 Å². The molecule has 7 heteroatoms. The molecule has 1 fully saturated rings. The molecule has 168 valence electrons. The first-order valence-corrected chi connectivity index (χ1v) is 10.7. The number of benzene rings is 2. The fraction of sp³-hybridized carbons (Fsp3) is 0.500. The molecule has 2 heterocycles. The highest BCUT2D eigenvalue weighted by Crippen LogP contribution is 2.45. The smallest absolute Gasteiger partial charge is 0.416 e. The van der Waals surface area contributed by atoms with Gasteiger partial charge in [-0.05, 0) is 83.7 Å². The second kappa shape index (κ2) is 7.93. The Labute approximate surface area is 182 Å². The highest BCUT2D eigenvalue weighted by atomic mass is 19.4. The molecule has 1 saturated heterocycles. The van der Waals surface area contributed by atoms with Gasteiger partial charge in [-0.3, -0.25) is 0 Å². The second-order valence-electron chi connectivity index (χ2n) is 9.38. The fourth-order valence-electron chi connectivity index (χ4n) is 4.35. The molecule has 4 rings (SSSR count). The summed E-state index contributed by atoms with van der Waals surface area (Å²) in [5.74, 6) is 0.268. The minimum atomic E-state index is -4.40. The molecule has 0 aliphatic carbocycles. The van der Waals surface area contributed by atoms with Crippen LogP contribution in [0.2, 0.25) is 0 Å². The molecule has 1 atom stereocenters. The highest BCUT2D eigenvalue weighted by Gasteiger charge is 2.37. The standard InChI is InChI=1S/C24H30F3N3O/c1-23(2)16-30(21-9-8-17(24(25,26)27)14-22(21)31-23)20-7-5-6-19(15-20)29-13-11-18(29)10-12-28(3)4/h5-9,14-15,18H,10-13,16H2,1-4H3. The summed E-state index contributed by atoms with van der Waals surface area (Å²) in [4.78, 5) is 6.69. The van der Waals surface area contributed by atoms with E-state index >= 15 is 0 Å². The molecule has 0 saturated carbocycles. The van der Waals surface area contributed by atoms with Crippen molar-refractivity contribution in [1.29, 1.82) is 0 Å². The lowest BCUT2D eigenvalue weighted by Crippen LogP contribution is -2.49. The van der Waals surface area contributed by atoms with Gasteiger partial charge in [-0.15, -0.1) is 0 Å². The lowest BCUT2D eigenvalue weighted by molar-refractivity contribution is -0.137. The Morgan fingerprint density at radius 2 is 1.84 bits per heavy atom. The number of hydrogen-bond acceptors (Lipinski definition) is 4. The van der Waals surface area contributed by atoms with E-state index in [1.165, 1.54) is 12.5 Å². The number of rotatable bonds is 5. The van der Waals surface area contributed by atoms with Crippen LogP contribution < -0.4 is 14.5 Å². The molecule has 0 amide bonds. The van der Waals surface area contributed by atoms with Gasteiger partial charge in [0.2, 0.25) is 0 Å². The third-order valence-corrected chi connectivity index (χ3v) is 6.03. The maximum atomic E-state index is 13.2. The van der Waals surface area contributed by atoms with Crippen LogP contribution in [0.5, 0.6) is 5.75 Å². The fourth-order valence-corrected chi connectivity index (χ4v) is 4.35. The molecule has 2 aliphatic rings. The van der Waals surface area contributed by atoms with Crippen molar-refractivity contribution in [3.63, 3.8) is 0 Å². The van der Waals surface area contributed by atoms with Crippen LogP contribution in [-0.2, 0) is 6.18 Å². The van der Waals surface area contributed by atoms with Crippen LogP contribution in [0, 0.1) is 0 Å². The van der Waals surface area contributed by atoms with Gasteiger partial charge in [0.1, 0.15) is 11.4 Å². The predicted octanol–water partition coefficient (Wildman–Crippen LogP) is 5.54. The molecule has 0 radical (unpaired) electrons. The van der Waals surface area contributed by atoms with Gasteiger partial charge >= 0.3 is 6.18 Å². The van der Waals surface area contributed by atoms with E-state index in [-0.39, 0.29) is 5.75 Å². The van der Waals surface area contributed by atoms with Gasteiger partial charge < -0.3 is 19.4 Å². The molecule has 2 aliphatic heterocycles.